The van der Waals surface area contributed by atoms with Crippen LogP contribution < -0.4 is 5.73 Å². The molecule has 0 saturated heterocycles. The summed E-state index contributed by atoms with van der Waals surface area (Å²) in [5, 5.41) is 4.75. The van der Waals surface area contributed by atoms with Gasteiger partial charge in [0.2, 0.25) is 0 Å². The first-order valence-electron chi connectivity index (χ1n) is 7.61. The number of hydrogen-bond acceptors (Lipinski definition) is 3. The monoisotopic (exact) mass is 273 g/mol. The quantitative estimate of drug-likeness (QED) is 0.907. The lowest BCUT2D eigenvalue weighted by molar-refractivity contribution is 0.328. The maximum atomic E-state index is 5.61. The van der Waals surface area contributed by atoms with Crippen molar-refractivity contribution in [3.63, 3.8) is 0 Å². The Labute approximate surface area is 119 Å². The van der Waals surface area contributed by atoms with Crippen LogP contribution in [0.3, 0.4) is 0 Å². The molecule has 2 aromatic heterocycles. The standard InChI is InChI=1S/C15H23N5/c16-8-6-15-17-9-11-19(15)12-13-7-10-20(18-13)14-4-2-1-3-5-14/h7,9-11,14H,1-6,8,12,16H2. The Bertz CT molecular complexity index is 536. The van der Waals surface area contributed by atoms with Crippen molar-refractivity contribution in [1.29, 1.82) is 0 Å². The number of rotatable bonds is 5. The van der Waals surface area contributed by atoms with Crippen molar-refractivity contribution >= 4 is 0 Å². The molecule has 0 radical (unpaired) electrons. The van der Waals surface area contributed by atoms with Crippen molar-refractivity contribution in [3.05, 3.63) is 36.2 Å². The molecule has 108 valence electrons. The summed E-state index contributed by atoms with van der Waals surface area (Å²) in [6.07, 6.45) is 13.4. The van der Waals surface area contributed by atoms with Gasteiger partial charge in [0.1, 0.15) is 5.82 Å². The molecular formula is C15H23N5. The van der Waals surface area contributed by atoms with E-state index in [2.05, 4.69) is 26.5 Å². The lowest BCUT2D eigenvalue weighted by Crippen LogP contribution is -2.14. The topological polar surface area (TPSA) is 61.7 Å². The van der Waals surface area contributed by atoms with Crippen LogP contribution in [-0.2, 0) is 13.0 Å². The van der Waals surface area contributed by atoms with Crippen molar-refractivity contribution < 1.29 is 0 Å². The molecule has 0 aromatic carbocycles. The van der Waals surface area contributed by atoms with E-state index in [4.69, 9.17) is 10.8 Å². The van der Waals surface area contributed by atoms with Crippen LogP contribution in [0.1, 0.15) is 49.7 Å². The highest BCUT2D eigenvalue weighted by Crippen LogP contribution is 2.27. The van der Waals surface area contributed by atoms with Gasteiger partial charge in [-0.2, -0.15) is 5.10 Å². The predicted octanol–water partition coefficient (Wildman–Crippen LogP) is 2.13. The minimum atomic E-state index is 0.601. The third kappa shape index (κ3) is 2.93. The largest absolute Gasteiger partial charge is 0.330 e. The molecule has 0 aliphatic heterocycles. The Morgan fingerprint density at radius 2 is 2.05 bits per heavy atom. The molecule has 20 heavy (non-hydrogen) atoms. The number of nitrogens with zero attached hydrogens (tertiary/aromatic N) is 4. The summed E-state index contributed by atoms with van der Waals surface area (Å²) < 4.78 is 4.30. The molecule has 1 aliphatic carbocycles. The number of aromatic nitrogens is 4. The molecule has 1 fully saturated rings. The van der Waals surface area contributed by atoms with Gasteiger partial charge in [-0.1, -0.05) is 19.3 Å². The average Bonchev–Trinajstić information content (AvgIpc) is 3.11. The molecule has 5 nitrogen and oxygen atoms in total. The summed E-state index contributed by atoms with van der Waals surface area (Å²) in [6.45, 7) is 1.42. The fourth-order valence-corrected chi connectivity index (χ4v) is 3.03. The second-order valence-corrected chi connectivity index (χ2v) is 5.59. The van der Waals surface area contributed by atoms with E-state index in [1.54, 1.807) is 0 Å². The molecule has 2 heterocycles. The van der Waals surface area contributed by atoms with Gasteiger partial charge in [-0.25, -0.2) is 4.98 Å². The van der Waals surface area contributed by atoms with Crippen molar-refractivity contribution in [2.75, 3.05) is 6.54 Å². The summed E-state index contributed by atoms with van der Waals surface area (Å²) >= 11 is 0. The smallest absolute Gasteiger partial charge is 0.110 e. The van der Waals surface area contributed by atoms with Gasteiger partial charge in [-0.15, -0.1) is 0 Å². The van der Waals surface area contributed by atoms with E-state index in [1.165, 1.54) is 32.1 Å². The molecule has 0 bridgehead atoms. The molecule has 2 aromatic rings. The summed E-state index contributed by atoms with van der Waals surface area (Å²) in [4.78, 5) is 4.35. The zero-order valence-electron chi connectivity index (χ0n) is 11.9. The third-order valence-corrected chi connectivity index (χ3v) is 4.11. The normalized spacial score (nSPS) is 16.6. The van der Waals surface area contributed by atoms with E-state index in [0.29, 0.717) is 12.6 Å². The van der Waals surface area contributed by atoms with Crippen LogP contribution in [0.25, 0.3) is 0 Å². The molecule has 0 atom stereocenters. The fourth-order valence-electron chi connectivity index (χ4n) is 3.03. The third-order valence-electron chi connectivity index (χ3n) is 4.11. The van der Waals surface area contributed by atoms with Gasteiger partial charge >= 0.3 is 0 Å². The number of nitrogens with two attached hydrogens (primary N) is 1. The summed E-state index contributed by atoms with van der Waals surface area (Å²) in [5.74, 6) is 1.04. The first kappa shape index (κ1) is 13.4. The van der Waals surface area contributed by atoms with E-state index in [0.717, 1.165) is 24.5 Å². The fraction of sp³-hybridized carbons (Fsp3) is 0.600. The first-order chi connectivity index (χ1) is 9.86. The Morgan fingerprint density at radius 1 is 1.20 bits per heavy atom. The number of hydrogen-bond donors (Lipinski definition) is 1. The molecule has 3 rings (SSSR count). The maximum Gasteiger partial charge on any atom is 0.110 e. The molecule has 1 saturated carbocycles. The summed E-state index contributed by atoms with van der Waals surface area (Å²) in [7, 11) is 0. The van der Waals surface area contributed by atoms with Gasteiger partial charge in [-0.3, -0.25) is 4.68 Å². The first-order valence-corrected chi connectivity index (χ1v) is 7.61. The Morgan fingerprint density at radius 3 is 2.85 bits per heavy atom. The Hall–Kier alpha value is -1.62. The maximum absolute atomic E-state index is 5.61. The van der Waals surface area contributed by atoms with Crippen LogP contribution in [0.4, 0.5) is 0 Å². The van der Waals surface area contributed by atoms with Gasteiger partial charge < -0.3 is 10.3 Å². The minimum Gasteiger partial charge on any atom is -0.330 e. The minimum absolute atomic E-state index is 0.601. The molecular weight excluding hydrogens is 250 g/mol. The van der Waals surface area contributed by atoms with E-state index in [-0.39, 0.29) is 0 Å². The van der Waals surface area contributed by atoms with Gasteiger partial charge in [0.25, 0.3) is 0 Å². The highest BCUT2D eigenvalue weighted by atomic mass is 15.3. The van der Waals surface area contributed by atoms with E-state index < -0.39 is 0 Å². The van der Waals surface area contributed by atoms with Crippen LogP contribution in [-0.4, -0.2) is 25.9 Å². The SMILES string of the molecule is NCCc1nccn1Cc1ccn(C2CCCCC2)n1. The number of imidazole rings is 1. The van der Waals surface area contributed by atoms with Crippen LogP contribution in [0, 0.1) is 0 Å². The molecule has 2 N–H and O–H groups in total. The van der Waals surface area contributed by atoms with E-state index in [9.17, 15) is 0 Å². The van der Waals surface area contributed by atoms with Gasteiger partial charge in [0.15, 0.2) is 0 Å². The second-order valence-electron chi connectivity index (χ2n) is 5.59. The van der Waals surface area contributed by atoms with Crippen molar-refractivity contribution in [1.82, 2.24) is 19.3 Å². The zero-order chi connectivity index (χ0) is 13.8. The molecule has 1 aliphatic rings. The molecule has 0 spiro atoms. The van der Waals surface area contributed by atoms with Crippen LogP contribution in [0.5, 0.6) is 0 Å². The van der Waals surface area contributed by atoms with E-state index >= 15 is 0 Å². The van der Waals surface area contributed by atoms with E-state index in [1.807, 2.05) is 12.4 Å². The van der Waals surface area contributed by atoms with Crippen LogP contribution in [0.2, 0.25) is 0 Å². The van der Waals surface area contributed by atoms with Crippen molar-refractivity contribution in [3.8, 4) is 0 Å². The lowest BCUT2D eigenvalue weighted by atomic mass is 9.96. The molecule has 0 unspecified atom stereocenters. The van der Waals surface area contributed by atoms with Gasteiger partial charge in [0.05, 0.1) is 18.3 Å². The Balaban J connectivity index is 1.68. The van der Waals surface area contributed by atoms with Gasteiger partial charge in [0, 0.05) is 25.0 Å². The summed E-state index contributed by atoms with van der Waals surface area (Å²) in [6, 6.07) is 2.73. The van der Waals surface area contributed by atoms with Crippen LogP contribution in [0.15, 0.2) is 24.7 Å². The van der Waals surface area contributed by atoms with Gasteiger partial charge in [-0.05, 0) is 25.5 Å². The van der Waals surface area contributed by atoms with Crippen molar-refractivity contribution in [2.45, 2.75) is 51.1 Å². The summed E-state index contributed by atoms with van der Waals surface area (Å²) in [5.41, 5.74) is 6.71. The van der Waals surface area contributed by atoms with Crippen molar-refractivity contribution in [2.24, 2.45) is 5.73 Å². The zero-order valence-corrected chi connectivity index (χ0v) is 11.9. The molecule has 0 amide bonds. The van der Waals surface area contributed by atoms with Crippen LogP contribution >= 0.6 is 0 Å². The second kappa shape index (κ2) is 6.22. The Kier molecular flexibility index (Phi) is 4.16. The highest BCUT2D eigenvalue weighted by molar-refractivity contribution is 5.04. The lowest BCUT2D eigenvalue weighted by Gasteiger charge is -2.21. The average molecular weight is 273 g/mol. The predicted molar refractivity (Wildman–Crippen MR) is 78.4 cm³/mol. The highest BCUT2D eigenvalue weighted by Gasteiger charge is 2.16. The molecule has 5 heteroatoms.